The molecule has 0 saturated carbocycles. The van der Waals surface area contributed by atoms with Crippen LogP contribution >= 0.6 is 11.6 Å². The number of hydrogen-bond donors (Lipinski definition) is 1. The van der Waals surface area contributed by atoms with Gasteiger partial charge < -0.3 is 4.74 Å². The van der Waals surface area contributed by atoms with E-state index in [0.717, 1.165) is 11.1 Å². The van der Waals surface area contributed by atoms with Crippen LogP contribution in [0.4, 0.5) is 0 Å². The number of amides is 1. The second kappa shape index (κ2) is 8.97. The summed E-state index contributed by atoms with van der Waals surface area (Å²) in [6, 6.07) is 20.5. The van der Waals surface area contributed by atoms with Crippen molar-refractivity contribution in [2.75, 3.05) is 0 Å². The second-order valence-corrected chi connectivity index (χ2v) is 6.47. The minimum atomic E-state index is -0.491. The molecule has 140 valence electrons. The number of aryl methyl sites for hydroxylation is 1. The second-order valence-electron chi connectivity index (χ2n) is 6.03. The van der Waals surface area contributed by atoms with Gasteiger partial charge in [0.1, 0.15) is 5.75 Å². The fourth-order valence-corrected chi connectivity index (χ4v) is 2.53. The highest BCUT2D eigenvalue weighted by Gasteiger charge is 2.09. The number of hydrogen-bond acceptors (Lipinski definition) is 4. The summed E-state index contributed by atoms with van der Waals surface area (Å²) in [5.74, 6) is -0.386. The van der Waals surface area contributed by atoms with Crippen LogP contribution in [0.3, 0.4) is 0 Å². The zero-order valence-corrected chi connectivity index (χ0v) is 15.8. The number of ether oxygens (including phenoxy) is 1. The van der Waals surface area contributed by atoms with E-state index in [1.807, 2.05) is 19.1 Å². The maximum Gasteiger partial charge on any atom is 0.343 e. The lowest BCUT2D eigenvalue weighted by Gasteiger charge is -2.05. The van der Waals surface area contributed by atoms with E-state index in [1.54, 1.807) is 60.7 Å². The van der Waals surface area contributed by atoms with E-state index in [0.29, 0.717) is 21.9 Å². The molecule has 28 heavy (non-hydrogen) atoms. The van der Waals surface area contributed by atoms with Crippen LogP contribution in [0.1, 0.15) is 31.8 Å². The van der Waals surface area contributed by atoms with Crippen molar-refractivity contribution in [3.63, 3.8) is 0 Å². The molecule has 0 saturated heterocycles. The highest BCUT2D eigenvalue weighted by atomic mass is 35.5. The molecule has 3 rings (SSSR count). The van der Waals surface area contributed by atoms with Gasteiger partial charge in [0.05, 0.1) is 11.8 Å². The third kappa shape index (κ3) is 5.28. The lowest BCUT2D eigenvalue weighted by Crippen LogP contribution is -2.17. The van der Waals surface area contributed by atoms with Gasteiger partial charge in [0.25, 0.3) is 5.91 Å². The van der Waals surface area contributed by atoms with Crippen LogP contribution in [0.2, 0.25) is 5.02 Å². The van der Waals surface area contributed by atoms with E-state index in [2.05, 4.69) is 10.5 Å². The Morgan fingerprint density at radius 2 is 1.68 bits per heavy atom. The van der Waals surface area contributed by atoms with Gasteiger partial charge >= 0.3 is 5.97 Å². The average Bonchev–Trinajstić information content (AvgIpc) is 2.69. The Hall–Kier alpha value is -3.44. The molecule has 3 aromatic rings. The number of hydrazone groups is 1. The fraction of sp³-hybridized carbons (Fsp3) is 0.0455. The smallest absolute Gasteiger partial charge is 0.343 e. The van der Waals surface area contributed by atoms with Crippen LogP contribution in [0, 0.1) is 6.92 Å². The van der Waals surface area contributed by atoms with Crippen molar-refractivity contribution in [2.24, 2.45) is 5.10 Å². The standard InChI is InChI=1S/C22H17ClN2O3/c1-15-5-9-17(10-6-15)21(26)25-24-14-16-7-11-20(12-8-16)28-22(27)18-3-2-4-19(23)13-18/h2-14H,1H3,(H,25,26). The van der Waals surface area contributed by atoms with E-state index < -0.39 is 5.97 Å². The molecule has 0 heterocycles. The first-order valence-electron chi connectivity index (χ1n) is 8.49. The van der Waals surface area contributed by atoms with Crippen molar-refractivity contribution >= 4 is 29.7 Å². The number of carbonyl (C=O) groups excluding carboxylic acids is 2. The Morgan fingerprint density at radius 1 is 0.964 bits per heavy atom. The van der Waals surface area contributed by atoms with Crippen molar-refractivity contribution < 1.29 is 14.3 Å². The molecular formula is C22H17ClN2O3. The lowest BCUT2D eigenvalue weighted by atomic mass is 10.1. The summed E-state index contributed by atoms with van der Waals surface area (Å²) in [4.78, 5) is 24.1. The van der Waals surface area contributed by atoms with Gasteiger partial charge in [-0.25, -0.2) is 10.2 Å². The highest BCUT2D eigenvalue weighted by Crippen LogP contribution is 2.16. The summed E-state index contributed by atoms with van der Waals surface area (Å²) in [6.45, 7) is 1.95. The van der Waals surface area contributed by atoms with E-state index in [-0.39, 0.29) is 5.91 Å². The van der Waals surface area contributed by atoms with Crippen LogP contribution in [-0.2, 0) is 0 Å². The molecule has 0 unspecified atom stereocenters. The molecular weight excluding hydrogens is 376 g/mol. The molecule has 0 aliphatic rings. The SMILES string of the molecule is Cc1ccc(C(=O)NN=Cc2ccc(OC(=O)c3cccc(Cl)c3)cc2)cc1. The van der Waals surface area contributed by atoms with Crippen molar-refractivity contribution in [1.29, 1.82) is 0 Å². The molecule has 1 amide bonds. The van der Waals surface area contributed by atoms with Gasteiger partial charge in [-0.15, -0.1) is 0 Å². The van der Waals surface area contributed by atoms with Crippen molar-refractivity contribution in [3.05, 3.63) is 100 Å². The Bertz CT molecular complexity index is 1010. The number of esters is 1. The van der Waals surface area contributed by atoms with Gasteiger partial charge in [-0.05, 0) is 67.1 Å². The Kier molecular flexibility index (Phi) is 6.19. The summed E-state index contributed by atoms with van der Waals surface area (Å²) in [7, 11) is 0. The van der Waals surface area contributed by atoms with Gasteiger partial charge in [0, 0.05) is 10.6 Å². The number of benzene rings is 3. The van der Waals surface area contributed by atoms with E-state index in [1.165, 1.54) is 6.21 Å². The van der Waals surface area contributed by atoms with Gasteiger partial charge in [-0.3, -0.25) is 4.79 Å². The van der Waals surface area contributed by atoms with Gasteiger partial charge in [-0.2, -0.15) is 5.10 Å². The Balaban J connectivity index is 1.56. The van der Waals surface area contributed by atoms with Crippen LogP contribution in [0.15, 0.2) is 77.9 Å². The molecule has 1 N–H and O–H groups in total. The molecule has 0 aliphatic carbocycles. The highest BCUT2D eigenvalue weighted by molar-refractivity contribution is 6.30. The summed E-state index contributed by atoms with van der Waals surface area (Å²) >= 11 is 5.88. The minimum Gasteiger partial charge on any atom is -0.423 e. The summed E-state index contributed by atoms with van der Waals surface area (Å²) in [6.07, 6.45) is 1.51. The number of nitrogens with one attached hydrogen (secondary N) is 1. The third-order valence-corrected chi connectivity index (χ3v) is 4.08. The van der Waals surface area contributed by atoms with Crippen LogP contribution < -0.4 is 10.2 Å². The summed E-state index contributed by atoms with van der Waals surface area (Å²) < 4.78 is 5.31. The fourth-order valence-electron chi connectivity index (χ4n) is 2.34. The predicted molar refractivity (Wildman–Crippen MR) is 109 cm³/mol. The van der Waals surface area contributed by atoms with Crippen LogP contribution in [0.5, 0.6) is 5.75 Å². The molecule has 3 aromatic carbocycles. The molecule has 0 spiro atoms. The number of carbonyl (C=O) groups is 2. The molecule has 0 atom stereocenters. The first-order chi connectivity index (χ1) is 13.5. The van der Waals surface area contributed by atoms with Gasteiger partial charge in [0.2, 0.25) is 0 Å². The first kappa shape index (κ1) is 19.3. The quantitative estimate of drug-likeness (QED) is 0.298. The average molecular weight is 393 g/mol. The maximum atomic E-state index is 12.1. The van der Waals surface area contributed by atoms with E-state index in [9.17, 15) is 9.59 Å². The van der Waals surface area contributed by atoms with E-state index in [4.69, 9.17) is 16.3 Å². The molecule has 0 aliphatic heterocycles. The Morgan fingerprint density at radius 3 is 2.36 bits per heavy atom. The molecule has 6 heteroatoms. The maximum absolute atomic E-state index is 12.1. The summed E-state index contributed by atoms with van der Waals surface area (Å²) in [5.41, 5.74) is 5.20. The number of nitrogens with zero attached hydrogens (tertiary/aromatic N) is 1. The molecule has 5 nitrogen and oxygen atoms in total. The zero-order valence-electron chi connectivity index (χ0n) is 15.1. The van der Waals surface area contributed by atoms with Crippen LogP contribution in [-0.4, -0.2) is 18.1 Å². The van der Waals surface area contributed by atoms with Gasteiger partial charge in [-0.1, -0.05) is 35.4 Å². The zero-order chi connectivity index (χ0) is 19.9. The number of rotatable bonds is 5. The minimum absolute atomic E-state index is 0.289. The molecule has 0 bridgehead atoms. The third-order valence-electron chi connectivity index (χ3n) is 3.84. The monoisotopic (exact) mass is 392 g/mol. The first-order valence-corrected chi connectivity index (χ1v) is 8.87. The normalized spacial score (nSPS) is 10.6. The molecule has 0 radical (unpaired) electrons. The van der Waals surface area contributed by atoms with Crippen molar-refractivity contribution in [3.8, 4) is 5.75 Å². The topological polar surface area (TPSA) is 67.8 Å². The van der Waals surface area contributed by atoms with Crippen LogP contribution in [0.25, 0.3) is 0 Å². The Labute approximate surface area is 167 Å². The molecule has 0 fully saturated rings. The van der Waals surface area contributed by atoms with Crippen molar-refractivity contribution in [2.45, 2.75) is 6.92 Å². The molecule has 0 aromatic heterocycles. The van der Waals surface area contributed by atoms with Crippen molar-refractivity contribution in [1.82, 2.24) is 5.43 Å². The summed E-state index contributed by atoms with van der Waals surface area (Å²) in [5, 5.41) is 4.41. The predicted octanol–water partition coefficient (Wildman–Crippen LogP) is 4.63. The van der Waals surface area contributed by atoms with Gasteiger partial charge in [0.15, 0.2) is 0 Å². The largest absolute Gasteiger partial charge is 0.423 e. The lowest BCUT2D eigenvalue weighted by molar-refractivity contribution is 0.0734. The van der Waals surface area contributed by atoms with E-state index >= 15 is 0 Å². The number of halogens is 1.